The average molecular weight is 311 g/mol. The van der Waals surface area contributed by atoms with Gasteiger partial charge in [-0.25, -0.2) is 0 Å². The lowest BCUT2D eigenvalue weighted by Gasteiger charge is -2.18. The maximum Gasteiger partial charge on any atom is 0.241 e. The van der Waals surface area contributed by atoms with E-state index in [2.05, 4.69) is 28.4 Å². The van der Waals surface area contributed by atoms with Crippen molar-refractivity contribution in [1.29, 1.82) is 0 Å². The van der Waals surface area contributed by atoms with Gasteiger partial charge in [0.25, 0.3) is 0 Å². The normalized spacial score (nSPS) is 17.7. The third kappa shape index (κ3) is 2.73. The Balaban J connectivity index is 1.40. The summed E-state index contributed by atoms with van der Waals surface area (Å²) in [6.07, 6.45) is 1.59. The second-order valence-corrected chi connectivity index (χ2v) is 5.61. The first-order valence-electron chi connectivity index (χ1n) is 7.63. The van der Waals surface area contributed by atoms with Crippen LogP contribution in [0, 0.1) is 0 Å². The third-order valence-electron chi connectivity index (χ3n) is 4.13. The molecular weight excluding hydrogens is 294 g/mol. The number of benzene rings is 1. The van der Waals surface area contributed by atoms with E-state index >= 15 is 0 Å². The molecule has 1 aliphatic heterocycles. The van der Waals surface area contributed by atoms with Crippen molar-refractivity contribution in [2.45, 2.75) is 25.4 Å². The van der Waals surface area contributed by atoms with Crippen molar-refractivity contribution in [3.8, 4) is 17.3 Å². The van der Waals surface area contributed by atoms with Crippen LogP contribution in [0.5, 0.6) is 5.75 Å². The molecule has 0 spiro atoms. The van der Waals surface area contributed by atoms with Crippen LogP contribution in [0.2, 0.25) is 0 Å². The van der Waals surface area contributed by atoms with Crippen molar-refractivity contribution < 1.29 is 13.7 Å². The van der Waals surface area contributed by atoms with E-state index in [1.807, 2.05) is 18.2 Å². The Morgan fingerprint density at radius 3 is 3.04 bits per heavy atom. The standard InChI is InChI=1S/C17H17N3O3/c1-11(13-10-22-14-6-3-2-5-12(13)14)18-9-16-19-17(20-23-16)15-7-4-8-21-15/h2-8,11,13,18H,9-10H2,1H3/t11-,13+/m1/s1. The SMILES string of the molecule is C[C@@H](NCc1nc(-c2ccco2)no1)[C@@H]1COc2ccccc21. The second-order valence-electron chi connectivity index (χ2n) is 5.61. The van der Waals surface area contributed by atoms with E-state index in [4.69, 9.17) is 13.7 Å². The van der Waals surface area contributed by atoms with Gasteiger partial charge < -0.3 is 19.0 Å². The molecule has 3 heterocycles. The van der Waals surface area contributed by atoms with Crippen molar-refractivity contribution >= 4 is 0 Å². The molecule has 23 heavy (non-hydrogen) atoms. The smallest absolute Gasteiger partial charge is 0.241 e. The van der Waals surface area contributed by atoms with Gasteiger partial charge in [-0.3, -0.25) is 0 Å². The molecular formula is C17H17N3O3. The van der Waals surface area contributed by atoms with Crippen molar-refractivity contribution in [2.75, 3.05) is 6.61 Å². The molecule has 0 fully saturated rings. The van der Waals surface area contributed by atoms with Crippen LogP contribution >= 0.6 is 0 Å². The number of aromatic nitrogens is 2. The summed E-state index contributed by atoms with van der Waals surface area (Å²) < 4.78 is 16.2. The van der Waals surface area contributed by atoms with E-state index in [9.17, 15) is 0 Å². The minimum absolute atomic E-state index is 0.234. The molecule has 1 N–H and O–H groups in total. The van der Waals surface area contributed by atoms with Gasteiger partial charge in [-0.15, -0.1) is 0 Å². The summed E-state index contributed by atoms with van der Waals surface area (Å²) in [7, 11) is 0. The Morgan fingerprint density at radius 1 is 1.26 bits per heavy atom. The van der Waals surface area contributed by atoms with E-state index in [1.165, 1.54) is 5.56 Å². The Morgan fingerprint density at radius 2 is 2.17 bits per heavy atom. The fraction of sp³-hybridized carbons (Fsp3) is 0.294. The van der Waals surface area contributed by atoms with Gasteiger partial charge in [0.15, 0.2) is 5.76 Å². The lowest BCUT2D eigenvalue weighted by Crippen LogP contribution is -2.32. The van der Waals surface area contributed by atoms with Crippen LogP contribution in [-0.4, -0.2) is 22.8 Å². The highest BCUT2D eigenvalue weighted by Gasteiger charge is 2.28. The molecule has 1 aromatic carbocycles. The van der Waals surface area contributed by atoms with Crippen molar-refractivity contribution in [1.82, 2.24) is 15.5 Å². The first-order chi connectivity index (χ1) is 11.3. The molecule has 0 unspecified atom stereocenters. The molecule has 3 aromatic rings. The Bertz CT molecular complexity index is 782. The number of furan rings is 1. The molecule has 6 heteroatoms. The van der Waals surface area contributed by atoms with Crippen molar-refractivity contribution in [2.24, 2.45) is 0 Å². The summed E-state index contributed by atoms with van der Waals surface area (Å²) in [4.78, 5) is 4.33. The van der Waals surface area contributed by atoms with Gasteiger partial charge >= 0.3 is 0 Å². The fourth-order valence-corrected chi connectivity index (χ4v) is 2.82. The van der Waals surface area contributed by atoms with Crippen LogP contribution in [0.25, 0.3) is 11.6 Å². The zero-order valence-corrected chi connectivity index (χ0v) is 12.7. The molecule has 4 rings (SSSR count). The lowest BCUT2D eigenvalue weighted by molar-refractivity contribution is 0.295. The Labute approximate surface area is 133 Å². The molecule has 2 aromatic heterocycles. The van der Waals surface area contributed by atoms with Gasteiger partial charge in [-0.1, -0.05) is 23.4 Å². The minimum atomic E-state index is 0.234. The molecule has 0 bridgehead atoms. The van der Waals surface area contributed by atoms with Crippen LogP contribution in [0.15, 0.2) is 51.6 Å². The molecule has 0 amide bonds. The Kier molecular flexibility index (Phi) is 3.59. The second kappa shape index (κ2) is 5.89. The van der Waals surface area contributed by atoms with Gasteiger partial charge in [-0.05, 0) is 25.1 Å². The van der Waals surface area contributed by atoms with Gasteiger partial charge in [0, 0.05) is 17.5 Å². The maximum absolute atomic E-state index is 5.73. The minimum Gasteiger partial charge on any atom is -0.493 e. The number of fused-ring (bicyclic) bond motifs is 1. The highest BCUT2D eigenvalue weighted by atomic mass is 16.5. The predicted octanol–water partition coefficient (Wildman–Crippen LogP) is 2.98. The number of hydrogen-bond donors (Lipinski definition) is 1. The van der Waals surface area contributed by atoms with Crippen LogP contribution in [-0.2, 0) is 6.54 Å². The van der Waals surface area contributed by atoms with Gasteiger partial charge in [0.1, 0.15) is 5.75 Å². The monoisotopic (exact) mass is 311 g/mol. The number of hydrogen-bond acceptors (Lipinski definition) is 6. The Hall–Kier alpha value is -2.60. The molecule has 118 valence electrons. The molecule has 2 atom stereocenters. The third-order valence-corrected chi connectivity index (χ3v) is 4.13. The summed E-state index contributed by atoms with van der Waals surface area (Å²) in [5.74, 6) is 2.90. The highest BCUT2D eigenvalue weighted by Crippen LogP contribution is 2.35. The summed E-state index contributed by atoms with van der Waals surface area (Å²) >= 11 is 0. The summed E-state index contributed by atoms with van der Waals surface area (Å²) in [5.41, 5.74) is 1.24. The van der Waals surface area contributed by atoms with Crippen molar-refractivity contribution in [3.63, 3.8) is 0 Å². The summed E-state index contributed by atoms with van der Waals surface area (Å²) in [6, 6.07) is 12.0. The molecule has 0 radical (unpaired) electrons. The van der Waals surface area contributed by atoms with E-state index in [0.29, 0.717) is 36.5 Å². The highest BCUT2D eigenvalue weighted by molar-refractivity contribution is 5.44. The average Bonchev–Trinajstić information content (AvgIpc) is 3.31. The van der Waals surface area contributed by atoms with E-state index < -0.39 is 0 Å². The van der Waals surface area contributed by atoms with Crippen LogP contribution in [0.1, 0.15) is 24.3 Å². The van der Waals surface area contributed by atoms with E-state index in [1.54, 1.807) is 18.4 Å². The van der Waals surface area contributed by atoms with Crippen LogP contribution in [0.4, 0.5) is 0 Å². The number of rotatable bonds is 5. The van der Waals surface area contributed by atoms with Gasteiger partial charge in [-0.2, -0.15) is 4.98 Å². The van der Waals surface area contributed by atoms with Gasteiger partial charge in [0.05, 0.1) is 19.4 Å². The first-order valence-corrected chi connectivity index (χ1v) is 7.63. The first kappa shape index (κ1) is 14.0. The van der Waals surface area contributed by atoms with Crippen molar-refractivity contribution in [3.05, 3.63) is 54.1 Å². The van der Waals surface area contributed by atoms with Crippen LogP contribution < -0.4 is 10.1 Å². The zero-order chi connectivity index (χ0) is 15.6. The van der Waals surface area contributed by atoms with E-state index in [-0.39, 0.29) is 6.04 Å². The largest absolute Gasteiger partial charge is 0.493 e. The quantitative estimate of drug-likeness (QED) is 0.781. The molecule has 6 nitrogen and oxygen atoms in total. The fourth-order valence-electron chi connectivity index (χ4n) is 2.82. The predicted molar refractivity (Wildman–Crippen MR) is 83.0 cm³/mol. The number of nitrogens with zero attached hydrogens (tertiary/aromatic N) is 2. The molecule has 0 saturated heterocycles. The zero-order valence-electron chi connectivity index (χ0n) is 12.7. The topological polar surface area (TPSA) is 73.3 Å². The summed E-state index contributed by atoms with van der Waals surface area (Å²) in [6.45, 7) is 3.34. The summed E-state index contributed by atoms with van der Waals surface area (Å²) in [5, 5.41) is 7.36. The van der Waals surface area contributed by atoms with E-state index in [0.717, 1.165) is 5.75 Å². The van der Waals surface area contributed by atoms with Crippen LogP contribution in [0.3, 0.4) is 0 Å². The number of nitrogens with one attached hydrogen (secondary N) is 1. The molecule has 1 aliphatic rings. The maximum atomic E-state index is 5.73. The number of ether oxygens (including phenoxy) is 1. The number of para-hydroxylation sites is 1. The molecule has 0 aliphatic carbocycles. The van der Waals surface area contributed by atoms with Gasteiger partial charge in [0.2, 0.25) is 11.7 Å². The lowest BCUT2D eigenvalue weighted by atomic mass is 9.94. The molecule has 0 saturated carbocycles.